The number of nitrogens with one attached hydrogen (secondary N) is 1. The summed E-state index contributed by atoms with van der Waals surface area (Å²) >= 11 is 5.81. The standard InChI is InChI=1S/C15H22ClFN2O2/c1-15(2,3)10-19(7-4-8-20)14(21)18-13-9-11(16)5-6-12(13)17/h5-6,9,20H,4,7-8,10H2,1-3H3,(H,18,21). The number of hydrogen-bond donors (Lipinski definition) is 2. The third kappa shape index (κ3) is 6.31. The molecule has 4 nitrogen and oxygen atoms in total. The molecular formula is C15H22ClFN2O2. The molecule has 0 fully saturated rings. The van der Waals surface area contributed by atoms with Gasteiger partial charge in [0.25, 0.3) is 0 Å². The lowest BCUT2D eigenvalue weighted by atomic mass is 9.96. The number of nitrogens with zero attached hydrogens (tertiary/aromatic N) is 1. The predicted molar refractivity (Wildman–Crippen MR) is 83.2 cm³/mol. The molecule has 1 aromatic carbocycles. The van der Waals surface area contributed by atoms with E-state index in [0.29, 0.717) is 24.5 Å². The first-order valence-electron chi connectivity index (χ1n) is 6.85. The van der Waals surface area contributed by atoms with Crippen LogP contribution < -0.4 is 5.32 Å². The largest absolute Gasteiger partial charge is 0.396 e. The van der Waals surface area contributed by atoms with E-state index in [2.05, 4.69) is 5.32 Å². The minimum Gasteiger partial charge on any atom is -0.396 e. The summed E-state index contributed by atoms with van der Waals surface area (Å²) in [6, 6.07) is 3.60. The Morgan fingerprint density at radius 3 is 2.67 bits per heavy atom. The summed E-state index contributed by atoms with van der Waals surface area (Å²) in [7, 11) is 0. The number of urea groups is 1. The van der Waals surface area contributed by atoms with Crippen molar-refractivity contribution >= 4 is 23.3 Å². The van der Waals surface area contributed by atoms with Crippen molar-refractivity contribution in [3.05, 3.63) is 29.0 Å². The second-order valence-corrected chi connectivity index (χ2v) is 6.55. The summed E-state index contributed by atoms with van der Waals surface area (Å²) in [6.07, 6.45) is 0.474. The van der Waals surface area contributed by atoms with Crippen LogP contribution in [0.3, 0.4) is 0 Å². The van der Waals surface area contributed by atoms with E-state index >= 15 is 0 Å². The number of hydrogen-bond acceptors (Lipinski definition) is 2. The highest BCUT2D eigenvalue weighted by atomic mass is 35.5. The molecule has 0 aliphatic heterocycles. The summed E-state index contributed by atoms with van der Waals surface area (Å²) in [6.45, 7) is 6.92. The molecule has 0 bridgehead atoms. The van der Waals surface area contributed by atoms with Gasteiger partial charge in [0.1, 0.15) is 5.82 Å². The Kier molecular flexibility index (Phi) is 6.42. The number of benzene rings is 1. The zero-order chi connectivity index (χ0) is 16.0. The van der Waals surface area contributed by atoms with Gasteiger partial charge in [-0.15, -0.1) is 0 Å². The molecule has 0 heterocycles. The van der Waals surface area contributed by atoms with E-state index in [4.69, 9.17) is 16.7 Å². The van der Waals surface area contributed by atoms with E-state index in [1.54, 1.807) is 4.90 Å². The first-order chi connectivity index (χ1) is 9.73. The van der Waals surface area contributed by atoms with Gasteiger partial charge in [-0.05, 0) is 30.0 Å². The topological polar surface area (TPSA) is 52.6 Å². The molecule has 1 rings (SSSR count). The molecule has 0 unspecified atom stereocenters. The monoisotopic (exact) mass is 316 g/mol. The number of aliphatic hydroxyl groups excluding tert-OH is 1. The van der Waals surface area contributed by atoms with Gasteiger partial charge in [0, 0.05) is 24.7 Å². The van der Waals surface area contributed by atoms with E-state index in [0.717, 1.165) is 0 Å². The van der Waals surface area contributed by atoms with E-state index in [1.807, 2.05) is 20.8 Å². The highest BCUT2D eigenvalue weighted by Crippen LogP contribution is 2.21. The Morgan fingerprint density at radius 1 is 1.43 bits per heavy atom. The first-order valence-corrected chi connectivity index (χ1v) is 7.22. The Hall–Kier alpha value is -1.33. The van der Waals surface area contributed by atoms with E-state index < -0.39 is 11.8 Å². The van der Waals surface area contributed by atoms with Crippen molar-refractivity contribution in [2.24, 2.45) is 5.41 Å². The Balaban J connectivity index is 2.82. The average molecular weight is 317 g/mol. The van der Waals surface area contributed by atoms with Crippen molar-refractivity contribution in [3.63, 3.8) is 0 Å². The maximum Gasteiger partial charge on any atom is 0.321 e. The molecule has 0 aliphatic rings. The predicted octanol–water partition coefficient (Wildman–Crippen LogP) is 3.74. The van der Waals surface area contributed by atoms with E-state index in [-0.39, 0.29) is 17.7 Å². The molecular weight excluding hydrogens is 295 g/mol. The normalized spacial score (nSPS) is 11.3. The van der Waals surface area contributed by atoms with Crippen molar-refractivity contribution < 1.29 is 14.3 Å². The SMILES string of the molecule is CC(C)(C)CN(CCCO)C(=O)Nc1cc(Cl)ccc1F. The molecule has 0 saturated heterocycles. The molecule has 0 spiro atoms. The molecule has 0 radical (unpaired) electrons. The number of carbonyl (C=O) groups excluding carboxylic acids is 1. The number of rotatable bonds is 5. The van der Waals surface area contributed by atoms with Gasteiger partial charge < -0.3 is 15.3 Å². The van der Waals surface area contributed by atoms with Crippen LogP contribution in [0.15, 0.2) is 18.2 Å². The van der Waals surface area contributed by atoms with Crippen molar-refractivity contribution in [2.75, 3.05) is 25.0 Å². The minimum absolute atomic E-state index is 0.000547. The molecule has 2 N–H and O–H groups in total. The zero-order valence-electron chi connectivity index (χ0n) is 12.6. The summed E-state index contributed by atoms with van der Waals surface area (Å²) in [5.41, 5.74) is -0.0462. The average Bonchev–Trinajstić information content (AvgIpc) is 2.37. The van der Waals surface area contributed by atoms with Crippen molar-refractivity contribution in [1.82, 2.24) is 4.90 Å². The first kappa shape index (κ1) is 17.7. The van der Waals surface area contributed by atoms with Crippen molar-refractivity contribution in [1.29, 1.82) is 0 Å². The molecule has 0 atom stereocenters. The lowest BCUT2D eigenvalue weighted by molar-refractivity contribution is 0.176. The van der Waals surface area contributed by atoms with Crippen LogP contribution in [-0.2, 0) is 0 Å². The maximum absolute atomic E-state index is 13.7. The fourth-order valence-electron chi connectivity index (χ4n) is 1.87. The second-order valence-electron chi connectivity index (χ2n) is 6.11. The Labute approximate surface area is 129 Å². The molecule has 0 aliphatic carbocycles. The number of aliphatic hydroxyl groups is 1. The Morgan fingerprint density at radius 2 is 2.10 bits per heavy atom. The van der Waals surface area contributed by atoms with Crippen LogP contribution in [0.25, 0.3) is 0 Å². The quantitative estimate of drug-likeness (QED) is 0.869. The molecule has 0 aromatic heterocycles. The fourth-order valence-corrected chi connectivity index (χ4v) is 2.05. The van der Waals surface area contributed by atoms with Gasteiger partial charge >= 0.3 is 6.03 Å². The van der Waals surface area contributed by atoms with Gasteiger partial charge in [-0.25, -0.2) is 9.18 Å². The summed E-state index contributed by atoms with van der Waals surface area (Å²) < 4.78 is 13.7. The molecule has 1 aromatic rings. The third-order valence-electron chi connectivity index (χ3n) is 2.71. The number of halogens is 2. The van der Waals surface area contributed by atoms with Gasteiger partial charge in [0.05, 0.1) is 5.69 Å². The van der Waals surface area contributed by atoms with Crippen LogP contribution >= 0.6 is 11.6 Å². The van der Waals surface area contributed by atoms with Crippen LogP contribution in [0.2, 0.25) is 5.02 Å². The van der Waals surface area contributed by atoms with Crippen LogP contribution in [0.4, 0.5) is 14.9 Å². The van der Waals surface area contributed by atoms with Gasteiger partial charge in [0.15, 0.2) is 0 Å². The second kappa shape index (κ2) is 7.61. The van der Waals surface area contributed by atoms with Gasteiger partial charge in [-0.1, -0.05) is 32.4 Å². The van der Waals surface area contributed by atoms with Crippen LogP contribution in [0.5, 0.6) is 0 Å². The van der Waals surface area contributed by atoms with Crippen molar-refractivity contribution in [2.45, 2.75) is 27.2 Å². The number of carbonyl (C=O) groups is 1. The number of amides is 2. The zero-order valence-corrected chi connectivity index (χ0v) is 13.4. The molecule has 118 valence electrons. The van der Waals surface area contributed by atoms with Gasteiger partial charge in [-0.2, -0.15) is 0 Å². The van der Waals surface area contributed by atoms with Crippen LogP contribution in [0.1, 0.15) is 27.2 Å². The summed E-state index contributed by atoms with van der Waals surface area (Å²) in [4.78, 5) is 13.8. The summed E-state index contributed by atoms with van der Waals surface area (Å²) in [5.74, 6) is -0.536. The van der Waals surface area contributed by atoms with Crippen LogP contribution in [0, 0.1) is 11.2 Å². The van der Waals surface area contributed by atoms with Crippen molar-refractivity contribution in [3.8, 4) is 0 Å². The maximum atomic E-state index is 13.7. The van der Waals surface area contributed by atoms with E-state index in [1.165, 1.54) is 18.2 Å². The smallest absolute Gasteiger partial charge is 0.321 e. The highest BCUT2D eigenvalue weighted by Gasteiger charge is 2.21. The highest BCUT2D eigenvalue weighted by molar-refractivity contribution is 6.30. The van der Waals surface area contributed by atoms with Gasteiger partial charge in [-0.3, -0.25) is 0 Å². The van der Waals surface area contributed by atoms with Gasteiger partial charge in [0.2, 0.25) is 0 Å². The lowest BCUT2D eigenvalue weighted by Gasteiger charge is -2.30. The lowest BCUT2D eigenvalue weighted by Crippen LogP contribution is -2.41. The molecule has 2 amide bonds. The summed E-state index contributed by atoms with van der Waals surface area (Å²) in [5, 5.41) is 11.8. The Bertz CT molecular complexity index is 489. The molecule has 21 heavy (non-hydrogen) atoms. The number of anilines is 1. The minimum atomic E-state index is -0.536. The van der Waals surface area contributed by atoms with Crippen LogP contribution in [-0.4, -0.2) is 35.7 Å². The molecule has 0 saturated carbocycles. The fraction of sp³-hybridized carbons (Fsp3) is 0.533. The third-order valence-corrected chi connectivity index (χ3v) is 2.94. The van der Waals surface area contributed by atoms with E-state index in [9.17, 15) is 9.18 Å². The molecule has 6 heteroatoms.